The van der Waals surface area contributed by atoms with Crippen molar-refractivity contribution in [2.75, 3.05) is 23.9 Å². The molecule has 5 rings (SSSR count). The van der Waals surface area contributed by atoms with Gasteiger partial charge in [-0.2, -0.15) is 13.2 Å². The van der Waals surface area contributed by atoms with Gasteiger partial charge in [-0.1, -0.05) is 0 Å². The van der Waals surface area contributed by atoms with Crippen LogP contribution >= 0.6 is 0 Å². The molecule has 1 saturated carbocycles. The molecule has 14 nitrogen and oxygen atoms in total. The summed E-state index contributed by atoms with van der Waals surface area (Å²) in [7, 11) is -2.83. The monoisotopic (exact) mass is 708 g/mol. The lowest BCUT2D eigenvalue weighted by Crippen LogP contribution is -2.50. The minimum absolute atomic E-state index is 0.154. The first-order valence-electron chi connectivity index (χ1n) is 14.6. The fraction of sp³-hybridized carbons (Fsp3) is 0.345. The standard InChI is InChI=1S/C29H29F5N10O4S/c1-48-27-39-11-18(12-40-27)16-2-7-24(37-10-16)44(28(45)41-15-23(30)31)20-5-3-19(4-6-20)42-26-38-14-22(29(32,33)34)25(43-26)17-8-21(13-36-9-17)49(35,46)47/h2,7-14,19-20,23H,3-6,15H2,1H3,(H,41,45)(H2,35,46,47)(H,38,42,43). The predicted octanol–water partition coefficient (Wildman–Crippen LogP) is 4.27. The summed E-state index contributed by atoms with van der Waals surface area (Å²) in [6, 6.07) is 2.80. The van der Waals surface area contributed by atoms with Crippen molar-refractivity contribution in [2.45, 2.75) is 55.3 Å². The molecule has 0 aromatic carbocycles. The van der Waals surface area contributed by atoms with E-state index in [1.54, 1.807) is 12.1 Å². The van der Waals surface area contributed by atoms with Crippen LogP contribution in [0.15, 0.2) is 60.3 Å². The predicted molar refractivity (Wildman–Crippen MR) is 165 cm³/mol. The number of alkyl halides is 5. The summed E-state index contributed by atoms with van der Waals surface area (Å²) in [5, 5.41) is 10.4. The first-order valence-corrected chi connectivity index (χ1v) is 16.1. The molecule has 4 aromatic heterocycles. The van der Waals surface area contributed by atoms with Gasteiger partial charge in [0.2, 0.25) is 16.0 Å². The number of nitrogens with zero attached hydrogens (tertiary/aromatic N) is 7. The number of carbonyl (C=O) groups is 1. The second-order valence-electron chi connectivity index (χ2n) is 10.9. The molecule has 0 unspecified atom stereocenters. The van der Waals surface area contributed by atoms with Crippen molar-refractivity contribution in [1.29, 1.82) is 0 Å². The number of nitrogens with one attached hydrogen (secondary N) is 2. The Bertz CT molecular complexity index is 1880. The van der Waals surface area contributed by atoms with Crippen LogP contribution in [0.3, 0.4) is 0 Å². The van der Waals surface area contributed by atoms with Crippen LogP contribution in [-0.4, -0.2) is 76.5 Å². The van der Waals surface area contributed by atoms with Gasteiger partial charge in [0.25, 0.3) is 6.43 Å². The number of halogens is 5. The second kappa shape index (κ2) is 14.6. The van der Waals surface area contributed by atoms with Crippen molar-refractivity contribution in [1.82, 2.24) is 35.2 Å². The van der Waals surface area contributed by atoms with Crippen molar-refractivity contribution < 1.29 is 39.9 Å². The molecule has 1 aliphatic carbocycles. The van der Waals surface area contributed by atoms with E-state index in [9.17, 15) is 35.2 Å². The molecule has 0 bridgehead atoms. The normalized spacial score (nSPS) is 16.7. The molecule has 4 N–H and O–H groups in total. The summed E-state index contributed by atoms with van der Waals surface area (Å²) in [6.07, 6.45) is 0.956. The maximum atomic E-state index is 13.9. The zero-order valence-electron chi connectivity index (χ0n) is 25.6. The molecule has 4 aromatic rings. The Labute approximate surface area is 276 Å². The zero-order chi connectivity index (χ0) is 35.3. The summed E-state index contributed by atoms with van der Waals surface area (Å²) in [5.41, 5.74) is -0.790. The van der Waals surface area contributed by atoms with Crippen LogP contribution in [0.25, 0.3) is 22.4 Å². The number of ether oxygens (including phenoxy) is 1. The van der Waals surface area contributed by atoms with Crippen LogP contribution in [0.1, 0.15) is 31.2 Å². The van der Waals surface area contributed by atoms with Crippen LogP contribution in [0, 0.1) is 0 Å². The third-order valence-electron chi connectivity index (χ3n) is 7.57. The van der Waals surface area contributed by atoms with E-state index in [0.29, 0.717) is 43.0 Å². The minimum atomic E-state index is -4.87. The molecule has 2 amide bonds. The molecule has 20 heteroatoms. The summed E-state index contributed by atoms with van der Waals surface area (Å²) in [6.45, 7) is -0.864. The highest BCUT2D eigenvalue weighted by Gasteiger charge is 2.36. The number of rotatable bonds is 10. The average molecular weight is 709 g/mol. The molecule has 1 aliphatic rings. The van der Waals surface area contributed by atoms with Gasteiger partial charge >= 0.3 is 18.2 Å². The number of urea groups is 1. The number of methoxy groups -OCH3 is 1. The number of carbonyl (C=O) groups excluding carboxylic acids is 1. The van der Waals surface area contributed by atoms with Crippen molar-refractivity contribution >= 4 is 27.8 Å². The fourth-order valence-corrected chi connectivity index (χ4v) is 5.72. The lowest BCUT2D eigenvalue weighted by molar-refractivity contribution is -0.137. The van der Waals surface area contributed by atoms with E-state index in [4.69, 9.17) is 9.88 Å². The summed E-state index contributed by atoms with van der Waals surface area (Å²) < 4.78 is 96.1. The highest BCUT2D eigenvalue weighted by Crippen LogP contribution is 2.37. The fourth-order valence-electron chi connectivity index (χ4n) is 5.22. The Hall–Kier alpha value is -5.11. The van der Waals surface area contributed by atoms with Gasteiger partial charge in [0.15, 0.2) is 0 Å². The number of nitrogens with two attached hydrogens (primary N) is 1. The number of primary sulfonamides is 1. The van der Waals surface area contributed by atoms with Gasteiger partial charge in [0.05, 0.1) is 19.3 Å². The lowest BCUT2D eigenvalue weighted by atomic mass is 9.90. The summed E-state index contributed by atoms with van der Waals surface area (Å²) in [4.78, 5) is 38.1. The maximum Gasteiger partial charge on any atom is 0.419 e. The van der Waals surface area contributed by atoms with Gasteiger partial charge in [0.1, 0.15) is 16.3 Å². The summed E-state index contributed by atoms with van der Waals surface area (Å²) >= 11 is 0. The van der Waals surface area contributed by atoms with Crippen molar-refractivity contribution in [3.8, 4) is 28.4 Å². The highest BCUT2D eigenvalue weighted by molar-refractivity contribution is 7.89. The maximum absolute atomic E-state index is 13.9. The Balaban J connectivity index is 1.33. The van der Waals surface area contributed by atoms with Crippen LogP contribution < -0.4 is 25.4 Å². The van der Waals surface area contributed by atoms with Gasteiger partial charge in [-0.3, -0.25) is 9.88 Å². The summed E-state index contributed by atoms with van der Waals surface area (Å²) in [5.74, 6) is 0.0613. The molecule has 0 aliphatic heterocycles. The van der Waals surface area contributed by atoms with Gasteiger partial charge < -0.3 is 15.4 Å². The second-order valence-corrected chi connectivity index (χ2v) is 12.4. The van der Waals surface area contributed by atoms with Gasteiger partial charge in [-0.05, 0) is 43.9 Å². The van der Waals surface area contributed by atoms with Crippen LogP contribution in [0.4, 0.5) is 38.5 Å². The number of anilines is 2. The van der Waals surface area contributed by atoms with Crippen molar-refractivity contribution in [3.05, 3.63) is 60.9 Å². The van der Waals surface area contributed by atoms with E-state index in [1.807, 2.05) is 0 Å². The molecule has 4 heterocycles. The number of amides is 2. The molecule has 0 saturated heterocycles. The number of aromatic nitrogens is 6. The minimum Gasteiger partial charge on any atom is -0.467 e. The Morgan fingerprint density at radius 1 is 0.980 bits per heavy atom. The molecular weight excluding hydrogens is 679 g/mol. The van der Waals surface area contributed by atoms with Gasteiger partial charge in [-0.25, -0.2) is 52.1 Å². The number of sulfonamides is 1. The lowest BCUT2D eigenvalue weighted by Gasteiger charge is -2.36. The zero-order valence-corrected chi connectivity index (χ0v) is 26.4. The van der Waals surface area contributed by atoms with E-state index in [1.165, 1.54) is 30.6 Å². The molecule has 0 radical (unpaired) electrons. The Morgan fingerprint density at radius 3 is 2.27 bits per heavy atom. The van der Waals surface area contributed by atoms with E-state index >= 15 is 0 Å². The van der Waals surface area contributed by atoms with E-state index < -0.39 is 57.4 Å². The van der Waals surface area contributed by atoms with Crippen LogP contribution in [0.2, 0.25) is 0 Å². The highest BCUT2D eigenvalue weighted by atomic mass is 32.2. The largest absolute Gasteiger partial charge is 0.467 e. The quantitative estimate of drug-likeness (QED) is 0.200. The first kappa shape index (κ1) is 35.2. The number of hydrogen-bond donors (Lipinski definition) is 3. The van der Waals surface area contributed by atoms with Crippen molar-refractivity contribution in [2.24, 2.45) is 5.14 Å². The molecule has 260 valence electrons. The Morgan fingerprint density at radius 2 is 1.67 bits per heavy atom. The number of pyridine rings is 2. The smallest absolute Gasteiger partial charge is 0.419 e. The van der Waals surface area contributed by atoms with E-state index in [0.717, 1.165) is 18.5 Å². The molecule has 0 spiro atoms. The van der Waals surface area contributed by atoms with Crippen LogP contribution in [-0.2, 0) is 16.2 Å². The Kier molecular flexibility index (Phi) is 10.5. The third kappa shape index (κ3) is 8.68. The van der Waals surface area contributed by atoms with Gasteiger partial charge in [0, 0.05) is 66.0 Å². The van der Waals surface area contributed by atoms with Gasteiger partial charge in [-0.15, -0.1) is 0 Å². The molecule has 0 atom stereocenters. The third-order valence-corrected chi connectivity index (χ3v) is 8.45. The van der Waals surface area contributed by atoms with E-state index in [-0.39, 0.29) is 29.4 Å². The SMILES string of the molecule is COc1ncc(-c2ccc(N(C(=O)NCC(F)F)C3CCC(Nc4ncc(C(F)(F)F)c(-c5cncc(S(N)(=O)=O)c5)n4)CC3)nc2)cn1. The molecule has 1 fully saturated rings. The number of hydrogen-bond acceptors (Lipinski definition) is 11. The first-order chi connectivity index (χ1) is 23.2. The topological polar surface area (TPSA) is 191 Å². The van der Waals surface area contributed by atoms with E-state index in [2.05, 4.69) is 40.5 Å². The average Bonchev–Trinajstić information content (AvgIpc) is 3.08. The van der Waals surface area contributed by atoms with Crippen molar-refractivity contribution in [3.63, 3.8) is 0 Å². The molecule has 49 heavy (non-hydrogen) atoms. The van der Waals surface area contributed by atoms with Crippen LogP contribution in [0.5, 0.6) is 6.01 Å². The molecular formula is C29H29F5N10O4S.